The molecule has 204 valence electrons. The first kappa shape index (κ1) is 25.5. The third kappa shape index (κ3) is 5.26. The van der Waals surface area contributed by atoms with Crippen LogP contribution in [0, 0.1) is 12.3 Å². The van der Waals surface area contributed by atoms with E-state index in [1.165, 1.54) is 5.69 Å². The average Bonchev–Trinajstić information content (AvgIpc) is 3.71. The van der Waals surface area contributed by atoms with E-state index in [1.54, 1.807) is 6.20 Å². The minimum atomic E-state index is -0.648. The smallest absolute Gasteiger partial charge is 0.271 e. The van der Waals surface area contributed by atoms with Gasteiger partial charge in [0.25, 0.3) is 5.91 Å². The summed E-state index contributed by atoms with van der Waals surface area (Å²) in [4.78, 5) is 31.6. The van der Waals surface area contributed by atoms with Crippen LogP contribution in [0.1, 0.15) is 35.3 Å². The summed E-state index contributed by atoms with van der Waals surface area (Å²) in [6.07, 6.45) is 4.86. The number of rotatable bonds is 7. The number of anilines is 4. The number of likely N-dealkylation sites (N-methyl/N-ethyl adjacent to an activating group) is 1. The molecular weight excluding hydrogens is 492 g/mol. The first-order valence-electron chi connectivity index (χ1n) is 13.7. The zero-order valence-electron chi connectivity index (χ0n) is 22.6. The number of aromatic nitrogens is 3. The van der Waals surface area contributed by atoms with E-state index in [0.29, 0.717) is 29.6 Å². The van der Waals surface area contributed by atoms with Gasteiger partial charge in [0.2, 0.25) is 0 Å². The van der Waals surface area contributed by atoms with Crippen molar-refractivity contribution in [2.24, 2.45) is 11.1 Å². The Labute approximate surface area is 229 Å². The molecular formula is C29H36N8O2. The molecule has 1 atom stereocenters. The molecule has 39 heavy (non-hydrogen) atoms. The molecule has 2 aromatic heterocycles. The fourth-order valence-electron chi connectivity index (χ4n) is 5.58. The number of pyridine rings is 1. The molecule has 10 heteroatoms. The fraction of sp³-hybridized carbons (Fsp3) is 0.448. The summed E-state index contributed by atoms with van der Waals surface area (Å²) in [6, 6.07) is 12.3. The summed E-state index contributed by atoms with van der Waals surface area (Å²) in [5.41, 5.74) is 10.2. The number of carbonyl (C=O) groups is 1. The van der Waals surface area contributed by atoms with Crippen molar-refractivity contribution >= 4 is 28.9 Å². The summed E-state index contributed by atoms with van der Waals surface area (Å²) in [6.45, 7) is 7.51. The summed E-state index contributed by atoms with van der Waals surface area (Å²) in [7, 11) is 2.15. The molecule has 1 aliphatic carbocycles. The van der Waals surface area contributed by atoms with Gasteiger partial charge in [-0.3, -0.25) is 9.78 Å². The number of amides is 1. The number of nitrogens with two attached hydrogens (primary N) is 1. The Morgan fingerprint density at radius 2 is 1.82 bits per heavy atom. The number of carbonyl (C=O) groups excluding carboxylic acids is 1. The van der Waals surface area contributed by atoms with Crippen LogP contribution in [0.5, 0.6) is 0 Å². The molecule has 1 unspecified atom stereocenters. The van der Waals surface area contributed by atoms with E-state index in [9.17, 15) is 4.79 Å². The van der Waals surface area contributed by atoms with Crippen molar-refractivity contribution in [3.05, 3.63) is 53.9 Å². The number of nitrogens with one attached hydrogen (secondary N) is 2. The summed E-state index contributed by atoms with van der Waals surface area (Å²) >= 11 is 0. The molecule has 1 aromatic carbocycles. The first-order valence-corrected chi connectivity index (χ1v) is 13.7. The minimum Gasteiger partial charge on any atom is -0.381 e. The molecule has 3 aromatic rings. The van der Waals surface area contributed by atoms with Gasteiger partial charge in [0.05, 0.1) is 12.3 Å². The molecule has 1 spiro atoms. The third-order valence-electron chi connectivity index (χ3n) is 8.24. The standard InChI is InChI=1S/C29H36N8O2/c1-19-4-3-12-31-23(19)24-27(33-22-9-17-39-18-29(22)10-11-29)35-28(25(34-24)26(30)38)32-20-5-7-21(8-6-20)37-15-13-36(2)14-16-37/h3-8,12,22H,9-11,13-18H2,1-2H3,(H2,30,38)(H2,32,33,35). The molecule has 2 aliphatic heterocycles. The van der Waals surface area contributed by atoms with Gasteiger partial charge in [-0.15, -0.1) is 0 Å². The number of nitrogens with zero attached hydrogens (tertiary/aromatic N) is 5. The SMILES string of the molecule is Cc1cccnc1-c1nc(C(N)=O)c(Nc2ccc(N3CCN(C)CC3)cc2)nc1NC1CCOCC12CC2. The van der Waals surface area contributed by atoms with Crippen molar-refractivity contribution in [3.8, 4) is 11.4 Å². The van der Waals surface area contributed by atoms with Crippen molar-refractivity contribution in [2.45, 2.75) is 32.2 Å². The lowest BCUT2D eigenvalue weighted by Crippen LogP contribution is -2.44. The van der Waals surface area contributed by atoms with Crippen molar-refractivity contribution in [1.29, 1.82) is 0 Å². The molecule has 2 saturated heterocycles. The van der Waals surface area contributed by atoms with E-state index < -0.39 is 5.91 Å². The number of hydrogen-bond acceptors (Lipinski definition) is 9. The Kier molecular flexibility index (Phi) is 6.82. The van der Waals surface area contributed by atoms with E-state index in [2.05, 4.69) is 44.6 Å². The van der Waals surface area contributed by atoms with E-state index >= 15 is 0 Å². The molecule has 4 N–H and O–H groups in total. The lowest BCUT2D eigenvalue weighted by Gasteiger charge is -2.34. The zero-order valence-corrected chi connectivity index (χ0v) is 22.6. The second-order valence-corrected chi connectivity index (χ2v) is 11.0. The minimum absolute atomic E-state index is 0.0804. The highest BCUT2D eigenvalue weighted by atomic mass is 16.5. The van der Waals surface area contributed by atoms with Crippen LogP contribution >= 0.6 is 0 Å². The molecule has 4 heterocycles. The van der Waals surface area contributed by atoms with Crippen LogP contribution in [0.25, 0.3) is 11.4 Å². The van der Waals surface area contributed by atoms with Crippen LogP contribution in [-0.2, 0) is 4.74 Å². The van der Waals surface area contributed by atoms with Gasteiger partial charge in [-0.2, -0.15) is 0 Å². The summed E-state index contributed by atoms with van der Waals surface area (Å²) < 4.78 is 5.79. The lowest BCUT2D eigenvalue weighted by atomic mass is 9.92. The van der Waals surface area contributed by atoms with Gasteiger partial charge in [-0.05, 0) is 69.1 Å². The zero-order chi connectivity index (χ0) is 27.0. The molecule has 0 bridgehead atoms. The van der Waals surface area contributed by atoms with Crippen LogP contribution < -0.4 is 21.3 Å². The van der Waals surface area contributed by atoms with E-state index in [1.807, 2.05) is 31.2 Å². The topological polar surface area (TPSA) is 122 Å². The monoisotopic (exact) mass is 528 g/mol. The predicted molar refractivity (Wildman–Crippen MR) is 152 cm³/mol. The molecule has 3 fully saturated rings. The van der Waals surface area contributed by atoms with Crippen LogP contribution in [0.2, 0.25) is 0 Å². The Balaban J connectivity index is 1.34. The number of hydrogen-bond donors (Lipinski definition) is 3. The van der Waals surface area contributed by atoms with Crippen LogP contribution in [-0.4, -0.2) is 78.2 Å². The van der Waals surface area contributed by atoms with Crippen molar-refractivity contribution in [3.63, 3.8) is 0 Å². The number of aryl methyl sites for hydroxylation is 1. The fourth-order valence-corrected chi connectivity index (χ4v) is 5.58. The van der Waals surface area contributed by atoms with Crippen LogP contribution in [0.4, 0.5) is 23.0 Å². The van der Waals surface area contributed by atoms with Crippen LogP contribution in [0.3, 0.4) is 0 Å². The van der Waals surface area contributed by atoms with Gasteiger partial charge in [0, 0.05) is 61.8 Å². The largest absolute Gasteiger partial charge is 0.381 e. The number of benzene rings is 1. The molecule has 1 saturated carbocycles. The maximum absolute atomic E-state index is 12.6. The van der Waals surface area contributed by atoms with E-state index in [4.69, 9.17) is 20.4 Å². The number of piperazine rings is 1. The average molecular weight is 529 g/mol. The Morgan fingerprint density at radius 1 is 1.05 bits per heavy atom. The third-order valence-corrected chi connectivity index (χ3v) is 8.24. The van der Waals surface area contributed by atoms with Crippen LogP contribution in [0.15, 0.2) is 42.6 Å². The van der Waals surface area contributed by atoms with Gasteiger partial charge in [-0.25, -0.2) is 9.97 Å². The van der Waals surface area contributed by atoms with Crippen molar-refractivity contribution in [2.75, 3.05) is 62.0 Å². The van der Waals surface area contributed by atoms with Gasteiger partial charge in [0.1, 0.15) is 5.69 Å². The van der Waals surface area contributed by atoms with E-state index in [-0.39, 0.29) is 17.2 Å². The summed E-state index contributed by atoms with van der Waals surface area (Å²) in [5.74, 6) is 0.272. The predicted octanol–water partition coefficient (Wildman–Crippen LogP) is 3.42. The quantitative estimate of drug-likeness (QED) is 0.423. The highest BCUT2D eigenvalue weighted by Crippen LogP contribution is 2.52. The first-order chi connectivity index (χ1) is 18.9. The Morgan fingerprint density at radius 3 is 2.51 bits per heavy atom. The Hall–Kier alpha value is -3.76. The summed E-state index contributed by atoms with van der Waals surface area (Å²) in [5, 5.41) is 6.99. The molecule has 6 rings (SSSR count). The second-order valence-electron chi connectivity index (χ2n) is 11.0. The van der Waals surface area contributed by atoms with Crippen molar-refractivity contribution in [1.82, 2.24) is 19.9 Å². The normalized spacial score (nSPS) is 20.6. The Bertz CT molecular complexity index is 1350. The van der Waals surface area contributed by atoms with Crippen molar-refractivity contribution < 1.29 is 9.53 Å². The van der Waals surface area contributed by atoms with Gasteiger partial charge in [-0.1, -0.05) is 6.07 Å². The van der Waals surface area contributed by atoms with Gasteiger partial charge in [0.15, 0.2) is 17.3 Å². The van der Waals surface area contributed by atoms with Gasteiger partial charge < -0.3 is 30.9 Å². The lowest BCUT2D eigenvalue weighted by molar-refractivity contribution is 0.0351. The number of primary amides is 1. The van der Waals surface area contributed by atoms with E-state index in [0.717, 1.165) is 63.3 Å². The second kappa shape index (κ2) is 10.4. The molecule has 10 nitrogen and oxygen atoms in total. The molecule has 1 amide bonds. The molecule has 0 radical (unpaired) electrons. The maximum Gasteiger partial charge on any atom is 0.271 e. The maximum atomic E-state index is 12.6. The highest BCUT2D eigenvalue weighted by molar-refractivity contribution is 5.97. The van der Waals surface area contributed by atoms with Gasteiger partial charge >= 0.3 is 0 Å². The highest BCUT2D eigenvalue weighted by Gasteiger charge is 2.51. The number of ether oxygens (including phenoxy) is 1. The molecule has 3 aliphatic rings.